The number of benzene rings is 1. The average Bonchev–Trinajstić information content (AvgIpc) is 3.47. The Kier molecular flexibility index (Phi) is 6.35. The van der Waals surface area contributed by atoms with Crippen LogP contribution in [-0.2, 0) is 32.1 Å². The molecule has 38 heavy (non-hydrogen) atoms. The lowest BCUT2D eigenvalue weighted by molar-refractivity contribution is -0.179. The Morgan fingerprint density at radius 2 is 1.84 bits per heavy atom. The molecule has 0 saturated carbocycles. The summed E-state index contributed by atoms with van der Waals surface area (Å²) in [5.41, 5.74) is 0.573. The SMILES string of the molecule is CCc1nc2ncc(C(F)(F)F)cn2c1C(=O)NCc1ccc(-c2nc3n(n2)CCC(C(F)(F)F)C3)cc1. The lowest BCUT2D eigenvalue weighted by Gasteiger charge is -2.24. The second-order valence-electron chi connectivity index (χ2n) is 8.96. The number of carbonyl (C=O) groups is 1. The minimum atomic E-state index is -4.63. The van der Waals surface area contributed by atoms with Gasteiger partial charge in [-0.05, 0) is 18.4 Å². The first kappa shape index (κ1) is 25.7. The fourth-order valence-electron chi connectivity index (χ4n) is 4.36. The first-order valence-electron chi connectivity index (χ1n) is 11.8. The Labute approximate surface area is 211 Å². The van der Waals surface area contributed by atoms with Crippen LogP contribution in [0.2, 0.25) is 0 Å². The van der Waals surface area contributed by atoms with Crippen LogP contribution in [0.4, 0.5) is 26.3 Å². The van der Waals surface area contributed by atoms with Gasteiger partial charge >= 0.3 is 12.4 Å². The number of aryl methyl sites for hydroxylation is 2. The molecule has 1 aromatic carbocycles. The van der Waals surface area contributed by atoms with Crippen molar-refractivity contribution in [2.75, 3.05) is 0 Å². The summed E-state index contributed by atoms with van der Waals surface area (Å²) in [7, 11) is 0. The van der Waals surface area contributed by atoms with E-state index in [4.69, 9.17) is 0 Å². The van der Waals surface area contributed by atoms with Crippen molar-refractivity contribution in [3.05, 3.63) is 65.0 Å². The number of hydrogen-bond donors (Lipinski definition) is 1. The number of alkyl halides is 6. The zero-order valence-corrected chi connectivity index (χ0v) is 19.9. The summed E-state index contributed by atoms with van der Waals surface area (Å²) in [5, 5.41) is 7.01. The number of fused-ring (bicyclic) bond motifs is 2. The number of nitrogens with one attached hydrogen (secondary N) is 1. The third-order valence-corrected chi connectivity index (χ3v) is 6.42. The van der Waals surface area contributed by atoms with Crippen LogP contribution >= 0.6 is 0 Å². The molecule has 5 rings (SSSR count). The van der Waals surface area contributed by atoms with E-state index >= 15 is 0 Å². The molecule has 0 fully saturated rings. The highest BCUT2D eigenvalue weighted by Gasteiger charge is 2.42. The van der Waals surface area contributed by atoms with E-state index < -0.39 is 29.7 Å². The van der Waals surface area contributed by atoms with Crippen LogP contribution in [0.3, 0.4) is 0 Å². The number of aromatic nitrogens is 6. The summed E-state index contributed by atoms with van der Waals surface area (Å²) >= 11 is 0. The van der Waals surface area contributed by atoms with Crippen LogP contribution in [0.5, 0.6) is 0 Å². The topological polar surface area (TPSA) is 90.0 Å². The quantitative estimate of drug-likeness (QED) is 0.375. The highest BCUT2D eigenvalue weighted by Crippen LogP contribution is 2.35. The molecule has 200 valence electrons. The first-order valence-corrected chi connectivity index (χ1v) is 11.8. The van der Waals surface area contributed by atoms with Crippen molar-refractivity contribution in [2.24, 2.45) is 5.92 Å². The fraction of sp³-hybridized carbons (Fsp3) is 0.375. The third kappa shape index (κ3) is 4.94. The molecule has 0 aliphatic carbocycles. The Balaban J connectivity index is 1.30. The van der Waals surface area contributed by atoms with Crippen molar-refractivity contribution in [3.8, 4) is 11.4 Å². The molecule has 0 bridgehead atoms. The predicted molar refractivity (Wildman–Crippen MR) is 122 cm³/mol. The number of amides is 1. The lowest BCUT2D eigenvalue weighted by atomic mass is 9.98. The van der Waals surface area contributed by atoms with Crippen molar-refractivity contribution in [2.45, 2.75) is 51.6 Å². The molecular formula is C24H21F6N7O. The monoisotopic (exact) mass is 537 g/mol. The van der Waals surface area contributed by atoms with E-state index in [0.717, 1.165) is 10.6 Å². The predicted octanol–water partition coefficient (Wildman–Crippen LogP) is 4.62. The van der Waals surface area contributed by atoms with Gasteiger partial charge < -0.3 is 5.32 Å². The van der Waals surface area contributed by atoms with Gasteiger partial charge in [0.15, 0.2) is 5.82 Å². The number of carbonyl (C=O) groups excluding carboxylic acids is 1. The third-order valence-electron chi connectivity index (χ3n) is 6.42. The van der Waals surface area contributed by atoms with Crippen molar-refractivity contribution in [1.29, 1.82) is 0 Å². The zero-order valence-electron chi connectivity index (χ0n) is 19.9. The van der Waals surface area contributed by atoms with Crippen LogP contribution in [0.15, 0.2) is 36.7 Å². The van der Waals surface area contributed by atoms with Crippen LogP contribution in [0.1, 0.15) is 46.5 Å². The van der Waals surface area contributed by atoms with Crippen LogP contribution in [0, 0.1) is 5.92 Å². The summed E-state index contributed by atoms with van der Waals surface area (Å²) < 4.78 is 81.2. The van der Waals surface area contributed by atoms with Crippen LogP contribution < -0.4 is 5.32 Å². The Bertz CT molecular complexity index is 1490. The molecule has 0 saturated heterocycles. The summed E-state index contributed by atoms with van der Waals surface area (Å²) in [6, 6.07) is 6.78. The van der Waals surface area contributed by atoms with Crippen molar-refractivity contribution in [1.82, 2.24) is 34.4 Å². The Morgan fingerprint density at radius 1 is 1.11 bits per heavy atom. The normalized spacial score (nSPS) is 16.0. The van der Waals surface area contributed by atoms with E-state index in [1.807, 2.05) is 0 Å². The molecule has 0 spiro atoms. The largest absolute Gasteiger partial charge is 0.419 e. The van der Waals surface area contributed by atoms with E-state index in [9.17, 15) is 31.1 Å². The highest BCUT2D eigenvalue weighted by atomic mass is 19.4. The smallest absolute Gasteiger partial charge is 0.347 e. The van der Waals surface area contributed by atoms with Gasteiger partial charge in [-0.15, -0.1) is 0 Å². The van der Waals surface area contributed by atoms with Crippen LogP contribution in [0.25, 0.3) is 17.2 Å². The molecule has 4 aromatic rings. The Morgan fingerprint density at radius 3 is 2.50 bits per heavy atom. The van der Waals surface area contributed by atoms with Crippen molar-refractivity contribution >= 4 is 11.7 Å². The molecule has 1 aliphatic rings. The van der Waals surface area contributed by atoms with E-state index in [0.29, 0.717) is 35.3 Å². The van der Waals surface area contributed by atoms with Gasteiger partial charge in [0.2, 0.25) is 5.78 Å². The zero-order chi connectivity index (χ0) is 27.2. The van der Waals surface area contributed by atoms with Gasteiger partial charge in [-0.2, -0.15) is 31.4 Å². The number of rotatable bonds is 5. The Hall–Kier alpha value is -3.97. The summed E-state index contributed by atoms with van der Waals surface area (Å²) in [5.74, 6) is -1.46. The number of halogens is 6. The maximum Gasteiger partial charge on any atom is 0.419 e. The summed E-state index contributed by atoms with van der Waals surface area (Å²) in [6.45, 7) is 1.94. The molecule has 1 unspecified atom stereocenters. The van der Waals surface area contributed by atoms with E-state index in [2.05, 4.69) is 25.4 Å². The van der Waals surface area contributed by atoms with Gasteiger partial charge in [-0.25, -0.2) is 19.6 Å². The molecule has 3 aromatic heterocycles. The molecule has 1 amide bonds. The van der Waals surface area contributed by atoms with E-state index in [1.54, 1.807) is 31.2 Å². The standard InChI is InChI=1S/C24H21F6N7O/c1-2-17-19(36-12-16(24(28,29)30)11-32-22(36)33-17)21(38)31-10-13-3-5-14(6-4-13)20-34-18-9-15(23(25,26)27)7-8-37(18)35-20/h3-6,11-12,15H,2,7-10H2,1H3,(H,31,38). The van der Waals surface area contributed by atoms with E-state index in [1.165, 1.54) is 4.68 Å². The highest BCUT2D eigenvalue weighted by molar-refractivity contribution is 5.94. The second kappa shape index (κ2) is 9.40. The van der Waals surface area contributed by atoms with E-state index in [-0.39, 0.29) is 43.2 Å². The average molecular weight is 537 g/mol. The fourth-order valence-corrected chi connectivity index (χ4v) is 4.36. The van der Waals surface area contributed by atoms with Gasteiger partial charge in [0.1, 0.15) is 11.5 Å². The summed E-state index contributed by atoms with van der Waals surface area (Å²) in [6.07, 6.45) is -7.38. The second-order valence-corrected chi connectivity index (χ2v) is 8.96. The number of imidazole rings is 1. The molecule has 4 heterocycles. The number of nitrogens with zero attached hydrogens (tertiary/aromatic N) is 6. The van der Waals surface area contributed by atoms with Crippen molar-refractivity contribution < 1.29 is 31.1 Å². The van der Waals surface area contributed by atoms with Crippen LogP contribution in [-0.4, -0.2) is 41.2 Å². The maximum absolute atomic E-state index is 13.2. The van der Waals surface area contributed by atoms with Gasteiger partial charge in [0.05, 0.1) is 17.2 Å². The number of hydrogen-bond acceptors (Lipinski definition) is 5. The molecule has 0 radical (unpaired) electrons. The molecule has 14 heteroatoms. The van der Waals surface area contributed by atoms with Gasteiger partial charge in [-0.1, -0.05) is 31.2 Å². The maximum atomic E-state index is 13.2. The minimum absolute atomic E-state index is 0.0128. The van der Waals surface area contributed by atoms with Crippen molar-refractivity contribution in [3.63, 3.8) is 0 Å². The molecule has 8 nitrogen and oxygen atoms in total. The first-order chi connectivity index (χ1) is 17.9. The lowest BCUT2D eigenvalue weighted by Crippen LogP contribution is -2.31. The van der Waals surface area contributed by atoms with Gasteiger partial charge in [0.25, 0.3) is 5.91 Å². The van der Waals surface area contributed by atoms with Gasteiger partial charge in [-0.3, -0.25) is 9.20 Å². The molecular weight excluding hydrogens is 516 g/mol. The van der Waals surface area contributed by atoms with Gasteiger partial charge in [0, 0.05) is 37.5 Å². The summed E-state index contributed by atoms with van der Waals surface area (Å²) in [4.78, 5) is 25.1. The molecule has 1 N–H and O–H groups in total. The molecule has 1 aliphatic heterocycles. The minimum Gasteiger partial charge on any atom is -0.347 e. The molecule has 1 atom stereocenters.